The Hall–Kier alpha value is -0.490. The molecule has 1 aromatic rings. The summed E-state index contributed by atoms with van der Waals surface area (Å²) in [6.07, 6.45) is 3.09. The van der Waals surface area contributed by atoms with E-state index in [-0.39, 0.29) is 0 Å². The van der Waals surface area contributed by atoms with Gasteiger partial charge in [-0.05, 0) is 20.6 Å². The SMILES string of the molecule is CCNC(Cc1cncs1)C1CN(C)CCN1C. The van der Waals surface area contributed by atoms with Crippen LogP contribution in [-0.4, -0.2) is 67.1 Å². The summed E-state index contributed by atoms with van der Waals surface area (Å²) in [5.41, 5.74) is 1.93. The number of hydrogen-bond acceptors (Lipinski definition) is 5. The maximum absolute atomic E-state index is 4.18. The summed E-state index contributed by atoms with van der Waals surface area (Å²) in [6.45, 7) is 6.69. The highest BCUT2D eigenvalue weighted by atomic mass is 32.1. The molecule has 18 heavy (non-hydrogen) atoms. The van der Waals surface area contributed by atoms with Gasteiger partial charge in [-0.3, -0.25) is 9.88 Å². The van der Waals surface area contributed by atoms with Crippen LogP contribution in [0.5, 0.6) is 0 Å². The van der Waals surface area contributed by atoms with Gasteiger partial charge in [-0.15, -0.1) is 11.3 Å². The Morgan fingerprint density at radius 2 is 2.33 bits per heavy atom. The van der Waals surface area contributed by atoms with Gasteiger partial charge in [0.2, 0.25) is 0 Å². The predicted octanol–water partition coefficient (Wildman–Crippen LogP) is 0.909. The second kappa shape index (κ2) is 6.61. The third kappa shape index (κ3) is 3.51. The maximum Gasteiger partial charge on any atom is 0.0794 e. The van der Waals surface area contributed by atoms with Gasteiger partial charge in [-0.2, -0.15) is 0 Å². The van der Waals surface area contributed by atoms with Crippen LogP contribution < -0.4 is 5.32 Å². The highest BCUT2D eigenvalue weighted by Crippen LogP contribution is 2.16. The van der Waals surface area contributed by atoms with E-state index < -0.39 is 0 Å². The van der Waals surface area contributed by atoms with Crippen molar-refractivity contribution >= 4 is 11.3 Å². The Bertz CT molecular complexity index is 341. The summed E-state index contributed by atoms with van der Waals surface area (Å²) in [7, 11) is 4.46. The summed E-state index contributed by atoms with van der Waals surface area (Å²) in [4.78, 5) is 10.5. The Morgan fingerprint density at radius 3 is 3.00 bits per heavy atom. The fraction of sp³-hybridized carbons (Fsp3) is 0.769. The summed E-state index contributed by atoms with van der Waals surface area (Å²) in [5, 5.41) is 3.65. The lowest BCUT2D eigenvalue weighted by atomic mass is 10.00. The lowest BCUT2D eigenvalue weighted by molar-refractivity contribution is 0.0883. The van der Waals surface area contributed by atoms with Crippen LogP contribution in [0.1, 0.15) is 11.8 Å². The number of thiazole rings is 1. The summed E-state index contributed by atoms with van der Waals surface area (Å²) in [5.74, 6) is 0. The van der Waals surface area contributed by atoms with Gasteiger partial charge in [0.15, 0.2) is 0 Å². The maximum atomic E-state index is 4.18. The first-order chi connectivity index (χ1) is 8.70. The van der Waals surface area contributed by atoms with Crippen LogP contribution in [0.2, 0.25) is 0 Å². The highest BCUT2D eigenvalue weighted by Gasteiger charge is 2.29. The summed E-state index contributed by atoms with van der Waals surface area (Å²) < 4.78 is 0. The zero-order valence-corrected chi connectivity index (χ0v) is 12.4. The first kappa shape index (κ1) is 13.9. The molecule has 4 nitrogen and oxygen atoms in total. The minimum absolute atomic E-state index is 0.517. The van der Waals surface area contributed by atoms with E-state index in [0.717, 1.165) is 26.1 Å². The van der Waals surface area contributed by atoms with Crippen molar-refractivity contribution in [1.82, 2.24) is 20.1 Å². The average Bonchev–Trinajstić information content (AvgIpc) is 2.85. The molecule has 1 aliphatic rings. The molecule has 1 saturated heterocycles. The van der Waals surface area contributed by atoms with Gasteiger partial charge in [0.25, 0.3) is 0 Å². The minimum Gasteiger partial charge on any atom is -0.312 e. The quantitative estimate of drug-likeness (QED) is 0.860. The molecule has 5 heteroatoms. The Labute approximate surface area is 114 Å². The van der Waals surface area contributed by atoms with Crippen molar-refractivity contribution in [2.24, 2.45) is 0 Å². The molecule has 2 heterocycles. The number of nitrogens with one attached hydrogen (secondary N) is 1. The molecule has 0 aromatic carbocycles. The van der Waals surface area contributed by atoms with Crippen molar-refractivity contribution in [3.8, 4) is 0 Å². The third-order valence-electron chi connectivity index (χ3n) is 3.73. The standard InChI is InChI=1S/C13H24N4S/c1-4-15-12(7-11-8-14-10-18-11)13-9-16(2)5-6-17(13)3/h8,10,12-13,15H,4-7,9H2,1-3H3. The third-order valence-corrected chi connectivity index (χ3v) is 4.54. The van der Waals surface area contributed by atoms with Crippen molar-refractivity contribution in [1.29, 1.82) is 0 Å². The number of hydrogen-bond donors (Lipinski definition) is 1. The van der Waals surface area contributed by atoms with E-state index in [0.29, 0.717) is 12.1 Å². The molecule has 1 fully saturated rings. The van der Waals surface area contributed by atoms with E-state index >= 15 is 0 Å². The topological polar surface area (TPSA) is 31.4 Å². The van der Waals surface area contributed by atoms with Crippen molar-refractivity contribution in [2.75, 3.05) is 40.3 Å². The molecular formula is C13H24N4S. The number of piperazine rings is 1. The zero-order valence-electron chi connectivity index (χ0n) is 11.6. The molecule has 0 aliphatic carbocycles. The Morgan fingerprint density at radius 1 is 1.50 bits per heavy atom. The van der Waals surface area contributed by atoms with Gasteiger partial charge >= 0.3 is 0 Å². The number of likely N-dealkylation sites (N-methyl/N-ethyl adjacent to an activating group) is 3. The Balaban J connectivity index is 2.03. The van der Waals surface area contributed by atoms with Gasteiger partial charge in [0.05, 0.1) is 5.51 Å². The van der Waals surface area contributed by atoms with Crippen LogP contribution in [0.4, 0.5) is 0 Å². The van der Waals surface area contributed by atoms with E-state index in [9.17, 15) is 0 Å². The summed E-state index contributed by atoms with van der Waals surface area (Å²) in [6, 6.07) is 1.11. The molecule has 2 atom stereocenters. The molecule has 1 aromatic heterocycles. The fourth-order valence-electron chi connectivity index (χ4n) is 2.64. The second-order valence-corrected chi connectivity index (χ2v) is 6.12. The van der Waals surface area contributed by atoms with Crippen molar-refractivity contribution in [2.45, 2.75) is 25.4 Å². The largest absolute Gasteiger partial charge is 0.312 e. The van der Waals surface area contributed by atoms with E-state index in [2.05, 4.69) is 41.1 Å². The summed E-state index contributed by atoms with van der Waals surface area (Å²) >= 11 is 1.76. The number of aromatic nitrogens is 1. The lowest BCUT2D eigenvalue weighted by Crippen LogP contribution is -2.59. The molecule has 0 saturated carbocycles. The highest BCUT2D eigenvalue weighted by molar-refractivity contribution is 7.09. The monoisotopic (exact) mass is 268 g/mol. The van der Waals surface area contributed by atoms with Crippen molar-refractivity contribution in [3.63, 3.8) is 0 Å². The average molecular weight is 268 g/mol. The first-order valence-electron chi connectivity index (χ1n) is 6.70. The van der Waals surface area contributed by atoms with Gasteiger partial charge in [0.1, 0.15) is 0 Å². The van der Waals surface area contributed by atoms with Crippen LogP contribution in [0.3, 0.4) is 0 Å². The molecule has 2 unspecified atom stereocenters. The van der Waals surface area contributed by atoms with Crippen molar-refractivity contribution in [3.05, 3.63) is 16.6 Å². The van der Waals surface area contributed by atoms with E-state index in [1.54, 1.807) is 11.3 Å². The van der Waals surface area contributed by atoms with E-state index in [1.165, 1.54) is 11.4 Å². The van der Waals surface area contributed by atoms with Crippen LogP contribution >= 0.6 is 11.3 Å². The molecular weight excluding hydrogens is 244 g/mol. The van der Waals surface area contributed by atoms with Gasteiger partial charge in [-0.25, -0.2) is 0 Å². The molecule has 2 rings (SSSR count). The van der Waals surface area contributed by atoms with Crippen LogP contribution in [0.15, 0.2) is 11.7 Å². The van der Waals surface area contributed by atoms with Crippen LogP contribution in [-0.2, 0) is 6.42 Å². The molecule has 1 N–H and O–H groups in total. The van der Waals surface area contributed by atoms with Crippen LogP contribution in [0, 0.1) is 0 Å². The second-order valence-electron chi connectivity index (χ2n) is 5.15. The molecule has 102 valence electrons. The fourth-order valence-corrected chi connectivity index (χ4v) is 3.30. The van der Waals surface area contributed by atoms with Crippen LogP contribution in [0.25, 0.3) is 0 Å². The molecule has 1 aliphatic heterocycles. The number of nitrogens with zero attached hydrogens (tertiary/aromatic N) is 3. The lowest BCUT2D eigenvalue weighted by Gasteiger charge is -2.42. The van der Waals surface area contributed by atoms with E-state index in [1.807, 2.05) is 11.7 Å². The Kier molecular flexibility index (Phi) is 5.12. The molecule has 0 bridgehead atoms. The normalized spacial score (nSPS) is 24.3. The molecule has 0 spiro atoms. The number of rotatable bonds is 5. The minimum atomic E-state index is 0.517. The molecule has 0 radical (unpaired) electrons. The predicted molar refractivity (Wildman–Crippen MR) is 77.2 cm³/mol. The van der Waals surface area contributed by atoms with Gasteiger partial charge in [-0.1, -0.05) is 6.92 Å². The molecule has 0 amide bonds. The van der Waals surface area contributed by atoms with Gasteiger partial charge in [0, 0.05) is 49.2 Å². The smallest absolute Gasteiger partial charge is 0.0794 e. The zero-order chi connectivity index (χ0) is 13.0. The van der Waals surface area contributed by atoms with Crippen molar-refractivity contribution < 1.29 is 0 Å². The van der Waals surface area contributed by atoms with E-state index in [4.69, 9.17) is 0 Å². The first-order valence-corrected chi connectivity index (χ1v) is 7.58. The van der Waals surface area contributed by atoms with Gasteiger partial charge < -0.3 is 10.2 Å².